The van der Waals surface area contributed by atoms with Crippen molar-refractivity contribution >= 4 is 22.9 Å². The summed E-state index contributed by atoms with van der Waals surface area (Å²) < 4.78 is 2.34. The Labute approximate surface area is 68.8 Å². The molecule has 2 rings (SSSR count). The second kappa shape index (κ2) is 2.21. The minimum Gasteiger partial charge on any atom is -0.302 e. The van der Waals surface area contributed by atoms with Crippen molar-refractivity contribution in [3.63, 3.8) is 0 Å². The fourth-order valence-electron chi connectivity index (χ4n) is 1.38. The quantitative estimate of drug-likeness (QED) is 0.375. The summed E-state index contributed by atoms with van der Waals surface area (Å²) in [5, 5.41) is 3.46. The molecule has 50 valence electrons. The minimum absolute atomic E-state index is 0.626. The lowest BCUT2D eigenvalue weighted by Gasteiger charge is -2.27. The van der Waals surface area contributed by atoms with Crippen LogP contribution in [0, 0.1) is 0 Å². The maximum Gasteiger partial charge on any atom is 0.0392 e. The van der Waals surface area contributed by atoms with Crippen molar-refractivity contribution in [2.24, 2.45) is 0 Å². The Bertz CT molecular complexity index is 132. The highest BCUT2D eigenvalue weighted by atomic mass is 127. The standard InChI is InChI=1S/C6H9IN2/c7-9-3-5-1-2-6(4-9)8-5/h1-2,5-6,8H,3-4H2. The summed E-state index contributed by atoms with van der Waals surface area (Å²) in [7, 11) is 0. The molecule has 0 spiro atoms. The highest BCUT2D eigenvalue weighted by molar-refractivity contribution is 14.1. The molecule has 3 heteroatoms. The summed E-state index contributed by atoms with van der Waals surface area (Å²) in [4.78, 5) is 0. The summed E-state index contributed by atoms with van der Waals surface area (Å²) in [5.41, 5.74) is 0. The molecule has 0 aliphatic carbocycles. The van der Waals surface area contributed by atoms with Crippen LogP contribution in [0.5, 0.6) is 0 Å². The molecule has 0 aromatic carbocycles. The number of piperazine rings is 1. The Hall–Kier alpha value is 0.390. The van der Waals surface area contributed by atoms with Gasteiger partial charge in [0.25, 0.3) is 0 Å². The van der Waals surface area contributed by atoms with E-state index >= 15 is 0 Å². The van der Waals surface area contributed by atoms with E-state index in [-0.39, 0.29) is 0 Å². The summed E-state index contributed by atoms with van der Waals surface area (Å²) in [5.74, 6) is 0. The van der Waals surface area contributed by atoms with E-state index in [1.165, 1.54) is 0 Å². The Morgan fingerprint density at radius 3 is 2.44 bits per heavy atom. The minimum atomic E-state index is 0.626. The average Bonchev–Trinajstić information content (AvgIpc) is 2.11. The average molecular weight is 236 g/mol. The van der Waals surface area contributed by atoms with Gasteiger partial charge in [-0.3, -0.25) is 0 Å². The van der Waals surface area contributed by atoms with Crippen LogP contribution in [0.1, 0.15) is 0 Å². The zero-order chi connectivity index (χ0) is 6.27. The topological polar surface area (TPSA) is 15.3 Å². The third-order valence-corrected chi connectivity index (χ3v) is 2.58. The third kappa shape index (κ3) is 1.13. The molecular weight excluding hydrogens is 227 g/mol. The summed E-state index contributed by atoms with van der Waals surface area (Å²) >= 11 is 2.38. The van der Waals surface area contributed by atoms with E-state index in [1.807, 2.05) is 0 Å². The summed E-state index contributed by atoms with van der Waals surface area (Å²) in [6, 6.07) is 1.25. The lowest BCUT2D eigenvalue weighted by molar-refractivity contribution is 0.355. The molecule has 0 radical (unpaired) electrons. The summed E-state index contributed by atoms with van der Waals surface area (Å²) in [6.07, 6.45) is 4.53. The third-order valence-electron chi connectivity index (χ3n) is 1.79. The number of fused-ring (bicyclic) bond motifs is 2. The first-order valence-electron chi connectivity index (χ1n) is 3.20. The van der Waals surface area contributed by atoms with E-state index in [4.69, 9.17) is 0 Å². The first-order chi connectivity index (χ1) is 4.34. The molecule has 1 saturated heterocycles. The van der Waals surface area contributed by atoms with Crippen molar-refractivity contribution in [1.82, 2.24) is 8.43 Å². The highest BCUT2D eigenvalue weighted by Crippen LogP contribution is 2.15. The van der Waals surface area contributed by atoms with Crippen LogP contribution < -0.4 is 5.32 Å². The molecule has 0 saturated carbocycles. The molecule has 2 nitrogen and oxygen atoms in total. The molecule has 2 aliphatic heterocycles. The smallest absolute Gasteiger partial charge is 0.0392 e. The molecule has 2 bridgehead atoms. The van der Waals surface area contributed by atoms with Crippen molar-refractivity contribution in [1.29, 1.82) is 0 Å². The van der Waals surface area contributed by atoms with E-state index in [9.17, 15) is 0 Å². The summed E-state index contributed by atoms with van der Waals surface area (Å²) in [6.45, 7) is 2.32. The normalized spacial score (nSPS) is 41.9. The van der Waals surface area contributed by atoms with E-state index in [0.717, 1.165) is 13.1 Å². The zero-order valence-electron chi connectivity index (χ0n) is 5.05. The van der Waals surface area contributed by atoms with Crippen molar-refractivity contribution in [3.05, 3.63) is 12.2 Å². The predicted molar refractivity (Wildman–Crippen MR) is 45.4 cm³/mol. The number of nitrogens with one attached hydrogen (secondary N) is 1. The number of hydrogen-bond donors (Lipinski definition) is 1. The molecule has 2 heterocycles. The molecule has 0 aromatic heterocycles. The fourth-order valence-corrected chi connectivity index (χ4v) is 2.23. The van der Waals surface area contributed by atoms with Crippen molar-refractivity contribution in [2.45, 2.75) is 12.1 Å². The van der Waals surface area contributed by atoms with Crippen LogP contribution in [0.3, 0.4) is 0 Å². The van der Waals surface area contributed by atoms with Crippen LogP contribution in [-0.2, 0) is 0 Å². The zero-order valence-corrected chi connectivity index (χ0v) is 7.21. The van der Waals surface area contributed by atoms with Gasteiger partial charge in [0, 0.05) is 48.0 Å². The van der Waals surface area contributed by atoms with Crippen LogP contribution in [0.2, 0.25) is 0 Å². The maximum absolute atomic E-state index is 3.46. The molecule has 9 heavy (non-hydrogen) atoms. The Balaban J connectivity index is 2.10. The Morgan fingerprint density at radius 1 is 1.33 bits per heavy atom. The van der Waals surface area contributed by atoms with Gasteiger partial charge >= 0.3 is 0 Å². The van der Waals surface area contributed by atoms with Gasteiger partial charge < -0.3 is 5.32 Å². The molecule has 2 unspecified atom stereocenters. The largest absolute Gasteiger partial charge is 0.302 e. The van der Waals surface area contributed by atoms with E-state index < -0.39 is 0 Å². The van der Waals surface area contributed by atoms with Crippen LogP contribution in [0.25, 0.3) is 0 Å². The van der Waals surface area contributed by atoms with E-state index in [0.29, 0.717) is 12.1 Å². The number of halogens is 1. The monoisotopic (exact) mass is 236 g/mol. The maximum atomic E-state index is 3.46. The SMILES string of the molecule is IN1CC2C=CC(C1)N2. The number of rotatable bonds is 0. The van der Waals surface area contributed by atoms with Gasteiger partial charge in [0.05, 0.1) is 0 Å². The molecule has 1 N–H and O–H groups in total. The van der Waals surface area contributed by atoms with Crippen LogP contribution >= 0.6 is 22.9 Å². The molecule has 0 aromatic rings. The van der Waals surface area contributed by atoms with Gasteiger partial charge in [-0.2, -0.15) is 0 Å². The van der Waals surface area contributed by atoms with Gasteiger partial charge in [0.1, 0.15) is 0 Å². The van der Waals surface area contributed by atoms with Gasteiger partial charge in [-0.25, -0.2) is 3.11 Å². The van der Waals surface area contributed by atoms with Gasteiger partial charge in [-0.15, -0.1) is 0 Å². The lowest BCUT2D eigenvalue weighted by Crippen LogP contribution is -2.47. The Morgan fingerprint density at radius 2 is 1.89 bits per heavy atom. The van der Waals surface area contributed by atoms with Gasteiger partial charge in [-0.1, -0.05) is 12.2 Å². The van der Waals surface area contributed by atoms with Crippen molar-refractivity contribution < 1.29 is 0 Å². The van der Waals surface area contributed by atoms with Crippen LogP contribution in [0.4, 0.5) is 0 Å². The van der Waals surface area contributed by atoms with E-state index in [2.05, 4.69) is 43.4 Å². The molecule has 2 aliphatic rings. The highest BCUT2D eigenvalue weighted by Gasteiger charge is 2.25. The van der Waals surface area contributed by atoms with Crippen molar-refractivity contribution in [2.75, 3.05) is 13.1 Å². The molecule has 1 fully saturated rings. The fraction of sp³-hybridized carbons (Fsp3) is 0.667. The lowest BCUT2D eigenvalue weighted by atomic mass is 10.3. The number of nitrogens with zero attached hydrogens (tertiary/aromatic N) is 1. The van der Waals surface area contributed by atoms with Crippen LogP contribution in [0.15, 0.2) is 12.2 Å². The Kier molecular flexibility index (Phi) is 1.51. The first kappa shape index (κ1) is 6.12. The van der Waals surface area contributed by atoms with E-state index in [1.54, 1.807) is 0 Å². The molecule has 2 atom stereocenters. The second-order valence-corrected chi connectivity index (χ2v) is 3.96. The van der Waals surface area contributed by atoms with Gasteiger partial charge in [0.2, 0.25) is 0 Å². The second-order valence-electron chi connectivity index (χ2n) is 2.59. The van der Waals surface area contributed by atoms with Gasteiger partial charge in [0.15, 0.2) is 0 Å². The van der Waals surface area contributed by atoms with Crippen molar-refractivity contribution in [3.8, 4) is 0 Å². The molecular formula is C6H9IN2. The van der Waals surface area contributed by atoms with Gasteiger partial charge in [-0.05, 0) is 0 Å². The van der Waals surface area contributed by atoms with Crippen LogP contribution in [-0.4, -0.2) is 28.3 Å². The predicted octanol–water partition coefficient (Wildman–Crippen LogP) is 0.549. The first-order valence-corrected chi connectivity index (χ1v) is 4.16. The number of hydrogen-bond acceptors (Lipinski definition) is 2. The molecule has 0 amide bonds.